The van der Waals surface area contributed by atoms with Gasteiger partial charge in [-0.2, -0.15) is 0 Å². The minimum atomic E-state index is 0.445. The molecule has 2 aromatic heterocycles. The van der Waals surface area contributed by atoms with Crippen LogP contribution in [0.15, 0.2) is 30.5 Å². The molecule has 0 saturated heterocycles. The number of aromatic nitrogens is 3. The second kappa shape index (κ2) is 2.97. The Morgan fingerprint density at radius 3 is 3.12 bits per heavy atom. The lowest BCUT2D eigenvalue weighted by atomic mass is 10.2. The van der Waals surface area contributed by atoms with Crippen molar-refractivity contribution in [2.24, 2.45) is 0 Å². The van der Waals surface area contributed by atoms with Crippen molar-refractivity contribution in [2.75, 3.05) is 11.9 Å². The van der Waals surface area contributed by atoms with Crippen LogP contribution >= 0.6 is 0 Å². The average Bonchev–Trinajstić information content (AvgIpc) is 2.89. The van der Waals surface area contributed by atoms with Gasteiger partial charge >= 0.3 is 0 Å². The average molecular weight is 224 g/mol. The summed E-state index contributed by atoms with van der Waals surface area (Å²) in [7, 11) is 0. The van der Waals surface area contributed by atoms with Crippen molar-refractivity contribution in [2.45, 2.75) is 13.0 Å². The fourth-order valence-electron chi connectivity index (χ4n) is 2.61. The molecule has 0 amide bonds. The van der Waals surface area contributed by atoms with E-state index in [-0.39, 0.29) is 0 Å². The van der Waals surface area contributed by atoms with E-state index in [2.05, 4.69) is 38.9 Å². The molecule has 1 N–H and O–H groups in total. The van der Waals surface area contributed by atoms with Crippen LogP contribution in [-0.2, 0) is 0 Å². The molecule has 0 radical (unpaired) electrons. The first-order valence-corrected chi connectivity index (χ1v) is 5.84. The number of benzene rings is 1. The van der Waals surface area contributed by atoms with E-state index in [1.165, 1.54) is 10.9 Å². The molecule has 1 aliphatic heterocycles. The van der Waals surface area contributed by atoms with Crippen LogP contribution in [-0.4, -0.2) is 21.1 Å². The molecule has 3 aromatic rings. The van der Waals surface area contributed by atoms with Gasteiger partial charge in [-0.15, -0.1) is 0 Å². The molecule has 0 bridgehead atoms. The predicted molar refractivity (Wildman–Crippen MR) is 68.2 cm³/mol. The predicted octanol–water partition coefficient (Wildman–Crippen LogP) is 2.57. The zero-order chi connectivity index (χ0) is 11.4. The van der Waals surface area contributed by atoms with Crippen molar-refractivity contribution in [3.05, 3.63) is 30.5 Å². The topological polar surface area (TPSA) is 42.7 Å². The minimum Gasteiger partial charge on any atom is -0.354 e. The number of imidazole rings is 1. The summed E-state index contributed by atoms with van der Waals surface area (Å²) < 4.78 is 2.28. The maximum Gasteiger partial charge on any atom is 0.204 e. The Hall–Kier alpha value is -2.10. The number of hydrogen-bond acceptors (Lipinski definition) is 3. The van der Waals surface area contributed by atoms with Crippen molar-refractivity contribution in [1.29, 1.82) is 0 Å². The molecule has 4 heteroatoms. The Kier molecular flexibility index (Phi) is 1.57. The molecule has 0 fully saturated rings. The Labute approximate surface area is 98.3 Å². The van der Waals surface area contributed by atoms with Crippen LogP contribution in [0.25, 0.3) is 21.9 Å². The van der Waals surface area contributed by atoms with Crippen molar-refractivity contribution in [1.82, 2.24) is 14.5 Å². The van der Waals surface area contributed by atoms with Crippen molar-refractivity contribution in [3.8, 4) is 0 Å². The van der Waals surface area contributed by atoms with Gasteiger partial charge in [0.15, 0.2) is 0 Å². The molecule has 84 valence electrons. The molecule has 4 nitrogen and oxygen atoms in total. The SMILES string of the molecule is C[C@@H]1CNc2nc3cnc4ccccc4c3n21. The summed E-state index contributed by atoms with van der Waals surface area (Å²) in [5, 5.41) is 4.51. The first-order chi connectivity index (χ1) is 8.34. The maximum atomic E-state index is 4.58. The molecule has 3 heterocycles. The Bertz CT molecular complexity index is 729. The zero-order valence-electron chi connectivity index (χ0n) is 9.51. The molecular formula is C13H12N4. The summed E-state index contributed by atoms with van der Waals surface area (Å²) >= 11 is 0. The van der Waals surface area contributed by atoms with E-state index in [9.17, 15) is 0 Å². The summed E-state index contributed by atoms with van der Waals surface area (Å²) in [5.41, 5.74) is 3.20. The number of nitrogens with one attached hydrogen (secondary N) is 1. The molecule has 1 aromatic carbocycles. The largest absolute Gasteiger partial charge is 0.354 e. The van der Waals surface area contributed by atoms with Crippen LogP contribution in [0.5, 0.6) is 0 Å². The number of nitrogens with zero attached hydrogens (tertiary/aromatic N) is 3. The quantitative estimate of drug-likeness (QED) is 0.638. The highest BCUT2D eigenvalue weighted by Gasteiger charge is 2.23. The van der Waals surface area contributed by atoms with E-state index in [1.807, 2.05) is 18.3 Å². The molecule has 1 aliphatic rings. The molecule has 0 saturated carbocycles. The van der Waals surface area contributed by atoms with E-state index in [4.69, 9.17) is 0 Å². The van der Waals surface area contributed by atoms with Gasteiger partial charge in [0, 0.05) is 11.9 Å². The lowest BCUT2D eigenvalue weighted by Gasteiger charge is -2.07. The second-order valence-electron chi connectivity index (χ2n) is 4.54. The standard InChI is InChI=1S/C13H12N4/c1-8-6-15-13-16-11-7-14-10-5-3-2-4-9(10)12(11)17(8)13/h2-5,7-8H,6H2,1H3,(H,15,16)/t8-/m1/s1. The molecule has 0 aliphatic carbocycles. The zero-order valence-corrected chi connectivity index (χ0v) is 9.51. The summed E-state index contributed by atoms with van der Waals surface area (Å²) in [6.07, 6.45) is 1.86. The van der Waals surface area contributed by atoms with E-state index < -0.39 is 0 Å². The first-order valence-electron chi connectivity index (χ1n) is 5.84. The Morgan fingerprint density at radius 2 is 2.18 bits per heavy atom. The molecule has 4 rings (SSSR count). The van der Waals surface area contributed by atoms with Crippen LogP contribution in [0.1, 0.15) is 13.0 Å². The van der Waals surface area contributed by atoms with Crippen molar-refractivity contribution < 1.29 is 0 Å². The molecule has 17 heavy (non-hydrogen) atoms. The lowest BCUT2D eigenvalue weighted by Crippen LogP contribution is -2.03. The smallest absolute Gasteiger partial charge is 0.204 e. The molecule has 0 unspecified atom stereocenters. The van der Waals surface area contributed by atoms with E-state index in [0.717, 1.165) is 23.5 Å². The van der Waals surface area contributed by atoms with Crippen LogP contribution in [0.2, 0.25) is 0 Å². The third kappa shape index (κ3) is 1.07. The number of anilines is 1. The number of para-hydroxylation sites is 1. The third-order valence-corrected chi connectivity index (χ3v) is 3.42. The Balaban J connectivity index is 2.25. The van der Waals surface area contributed by atoms with Crippen LogP contribution in [0, 0.1) is 0 Å². The van der Waals surface area contributed by atoms with Crippen LogP contribution in [0.3, 0.4) is 0 Å². The summed E-state index contributed by atoms with van der Waals surface area (Å²) in [4.78, 5) is 9.03. The van der Waals surface area contributed by atoms with Crippen LogP contribution in [0.4, 0.5) is 5.95 Å². The van der Waals surface area contributed by atoms with E-state index >= 15 is 0 Å². The number of fused-ring (bicyclic) bond motifs is 5. The Morgan fingerprint density at radius 1 is 1.29 bits per heavy atom. The van der Waals surface area contributed by atoms with Gasteiger partial charge in [-0.1, -0.05) is 18.2 Å². The summed E-state index contributed by atoms with van der Waals surface area (Å²) in [5.74, 6) is 0.964. The molecule has 1 atom stereocenters. The van der Waals surface area contributed by atoms with E-state index in [0.29, 0.717) is 6.04 Å². The van der Waals surface area contributed by atoms with Crippen LogP contribution < -0.4 is 5.32 Å². The molecule has 0 spiro atoms. The first kappa shape index (κ1) is 8.98. The maximum absolute atomic E-state index is 4.58. The minimum absolute atomic E-state index is 0.445. The summed E-state index contributed by atoms with van der Waals surface area (Å²) in [6.45, 7) is 3.16. The van der Waals surface area contributed by atoms with Gasteiger partial charge in [-0.25, -0.2) is 4.98 Å². The third-order valence-electron chi connectivity index (χ3n) is 3.42. The van der Waals surface area contributed by atoms with Gasteiger partial charge < -0.3 is 9.88 Å². The highest BCUT2D eigenvalue weighted by Crippen LogP contribution is 2.32. The highest BCUT2D eigenvalue weighted by molar-refractivity contribution is 6.03. The fraction of sp³-hybridized carbons (Fsp3) is 0.231. The van der Waals surface area contributed by atoms with Gasteiger partial charge in [0.05, 0.1) is 23.3 Å². The number of pyridine rings is 1. The lowest BCUT2D eigenvalue weighted by molar-refractivity contribution is 0.650. The number of rotatable bonds is 0. The van der Waals surface area contributed by atoms with Gasteiger partial charge in [-0.05, 0) is 13.0 Å². The van der Waals surface area contributed by atoms with E-state index in [1.54, 1.807) is 0 Å². The van der Waals surface area contributed by atoms with Gasteiger partial charge in [0.25, 0.3) is 0 Å². The normalized spacial score (nSPS) is 18.5. The van der Waals surface area contributed by atoms with Gasteiger partial charge in [0.2, 0.25) is 5.95 Å². The monoisotopic (exact) mass is 224 g/mol. The molecular weight excluding hydrogens is 212 g/mol. The van der Waals surface area contributed by atoms with Gasteiger partial charge in [0.1, 0.15) is 5.52 Å². The summed E-state index contributed by atoms with van der Waals surface area (Å²) in [6, 6.07) is 8.67. The van der Waals surface area contributed by atoms with Gasteiger partial charge in [-0.3, -0.25) is 4.98 Å². The highest BCUT2D eigenvalue weighted by atomic mass is 15.3. The number of hydrogen-bond donors (Lipinski definition) is 1. The van der Waals surface area contributed by atoms with Crippen molar-refractivity contribution in [3.63, 3.8) is 0 Å². The van der Waals surface area contributed by atoms with Crippen molar-refractivity contribution >= 4 is 27.9 Å². The second-order valence-corrected chi connectivity index (χ2v) is 4.54. The fourth-order valence-corrected chi connectivity index (χ4v) is 2.61.